The Morgan fingerprint density at radius 2 is 1.05 bits per heavy atom. The Kier molecular flexibility index (Phi) is 2.82. The van der Waals surface area contributed by atoms with Gasteiger partial charge in [-0.3, -0.25) is 0 Å². The van der Waals surface area contributed by atoms with E-state index < -0.39 is 0 Å². The van der Waals surface area contributed by atoms with Crippen LogP contribution in [0.2, 0.25) is 0 Å². The maximum atomic E-state index is 11.6. The molecule has 1 nitrogen and oxygen atoms in total. The lowest BCUT2D eigenvalue weighted by Crippen LogP contribution is -2.62. The van der Waals surface area contributed by atoms with Crippen LogP contribution >= 0.6 is 0 Å². The molecule has 0 aromatic rings. The molecule has 1 N–H and O–H groups in total. The first-order valence-electron chi connectivity index (χ1n) is 8.78. The van der Waals surface area contributed by atoms with E-state index in [0.717, 1.165) is 23.7 Å². The molecule has 0 spiro atoms. The van der Waals surface area contributed by atoms with Crippen molar-refractivity contribution in [3.05, 3.63) is 0 Å². The highest BCUT2D eigenvalue weighted by Gasteiger charge is 2.59. The molecule has 0 heterocycles. The minimum atomic E-state index is -0.267. The second-order valence-electron chi connectivity index (χ2n) is 8.81. The molecule has 19 heavy (non-hydrogen) atoms. The predicted octanol–water partition coefficient (Wildman–Crippen LogP) is 4.25. The van der Waals surface area contributed by atoms with E-state index in [1.807, 2.05) is 0 Å². The summed E-state index contributed by atoms with van der Waals surface area (Å²) in [6.07, 6.45) is 10.9. The highest BCUT2D eigenvalue weighted by atomic mass is 16.3. The summed E-state index contributed by atoms with van der Waals surface area (Å²) in [6.45, 7) is 4.81. The quantitative estimate of drug-likeness (QED) is 0.749. The van der Waals surface area contributed by atoms with Gasteiger partial charge in [0, 0.05) is 0 Å². The van der Waals surface area contributed by atoms with Crippen molar-refractivity contribution >= 4 is 0 Å². The molecule has 5 rings (SSSR count). The van der Waals surface area contributed by atoms with Gasteiger partial charge in [-0.1, -0.05) is 13.8 Å². The van der Waals surface area contributed by atoms with E-state index in [0.29, 0.717) is 17.8 Å². The molecule has 5 aliphatic rings. The summed E-state index contributed by atoms with van der Waals surface area (Å²) in [5, 5.41) is 11.6. The van der Waals surface area contributed by atoms with Crippen molar-refractivity contribution in [2.45, 2.75) is 70.8 Å². The van der Waals surface area contributed by atoms with Crippen molar-refractivity contribution < 1.29 is 5.11 Å². The lowest BCUT2D eigenvalue weighted by atomic mass is 9.46. The van der Waals surface area contributed by atoms with Gasteiger partial charge in [0.15, 0.2) is 0 Å². The second-order valence-corrected chi connectivity index (χ2v) is 8.81. The molecule has 1 heteroatoms. The van der Waals surface area contributed by atoms with Gasteiger partial charge in [-0.15, -0.1) is 0 Å². The third-order valence-corrected chi connectivity index (χ3v) is 7.28. The van der Waals surface area contributed by atoms with E-state index in [9.17, 15) is 5.11 Å². The van der Waals surface area contributed by atoms with Crippen LogP contribution in [0, 0.1) is 41.4 Å². The monoisotopic (exact) mass is 262 g/mol. The molecule has 4 bridgehead atoms. The molecule has 0 saturated heterocycles. The molecule has 2 atom stereocenters. The fourth-order valence-electron chi connectivity index (χ4n) is 6.93. The smallest absolute Gasteiger partial charge is 0.0732 e. The third-order valence-electron chi connectivity index (χ3n) is 7.28. The summed E-state index contributed by atoms with van der Waals surface area (Å²) in [6, 6.07) is 0. The van der Waals surface area contributed by atoms with Crippen LogP contribution in [0.3, 0.4) is 0 Å². The Hall–Kier alpha value is -0.0400. The van der Waals surface area contributed by atoms with Crippen LogP contribution in [-0.2, 0) is 0 Å². The van der Waals surface area contributed by atoms with E-state index in [1.165, 1.54) is 51.4 Å². The van der Waals surface area contributed by atoms with Crippen LogP contribution in [0.5, 0.6) is 0 Å². The molecule has 0 aromatic carbocycles. The van der Waals surface area contributed by atoms with Gasteiger partial charge in [-0.05, 0) is 92.8 Å². The van der Waals surface area contributed by atoms with Crippen LogP contribution in [-0.4, -0.2) is 10.7 Å². The van der Waals surface area contributed by atoms with Crippen LogP contribution < -0.4 is 0 Å². The van der Waals surface area contributed by atoms with Crippen LogP contribution in [0.4, 0.5) is 0 Å². The van der Waals surface area contributed by atoms with E-state index in [2.05, 4.69) is 13.8 Å². The summed E-state index contributed by atoms with van der Waals surface area (Å²) in [5.74, 6) is 5.53. The molecule has 0 amide bonds. The average molecular weight is 262 g/mol. The fraction of sp³-hybridized carbons (Fsp3) is 1.00. The summed E-state index contributed by atoms with van der Waals surface area (Å²) in [7, 11) is 0. The molecule has 0 aliphatic heterocycles. The zero-order chi connectivity index (χ0) is 13.2. The highest BCUT2D eigenvalue weighted by Crippen LogP contribution is 2.62. The average Bonchev–Trinajstić information content (AvgIpc) is 2.33. The van der Waals surface area contributed by atoms with Gasteiger partial charge in [0.2, 0.25) is 0 Å². The lowest BCUT2D eigenvalue weighted by Gasteiger charge is -2.62. The lowest BCUT2D eigenvalue weighted by molar-refractivity contribution is -0.211. The van der Waals surface area contributed by atoms with Gasteiger partial charge in [0.05, 0.1) is 5.60 Å². The van der Waals surface area contributed by atoms with Crippen molar-refractivity contribution in [3.8, 4) is 0 Å². The number of rotatable bonds is 1. The Morgan fingerprint density at radius 1 is 0.632 bits per heavy atom. The highest BCUT2D eigenvalue weighted by molar-refractivity contribution is 5.10. The summed E-state index contributed by atoms with van der Waals surface area (Å²) in [5.41, 5.74) is -0.267. The van der Waals surface area contributed by atoms with Gasteiger partial charge in [0.25, 0.3) is 0 Å². The summed E-state index contributed by atoms with van der Waals surface area (Å²) >= 11 is 0. The first-order valence-corrected chi connectivity index (χ1v) is 8.78. The summed E-state index contributed by atoms with van der Waals surface area (Å²) in [4.78, 5) is 0. The van der Waals surface area contributed by atoms with E-state index >= 15 is 0 Å². The van der Waals surface area contributed by atoms with Gasteiger partial charge < -0.3 is 5.11 Å². The van der Waals surface area contributed by atoms with Crippen molar-refractivity contribution in [2.24, 2.45) is 41.4 Å². The molecular formula is C18H30O. The standard InChI is InChI=1S/C18H30O/c1-11-3-12(2)5-15(4-11)18(19)16-7-13-6-14(9-16)10-17(18)8-13/h11-17,19H,3-10H2,1-2H3. The van der Waals surface area contributed by atoms with Crippen molar-refractivity contribution in [3.63, 3.8) is 0 Å². The molecule has 108 valence electrons. The molecule has 2 unspecified atom stereocenters. The first kappa shape index (κ1) is 12.7. The SMILES string of the molecule is CC1CC(C)CC(C2(O)C3CC4CC(C3)CC2C4)C1. The fourth-order valence-corrected chi connectivity index (χ4v) is 6.93. The Balaban J connectivity index is 1.62. The zero-order valence-corrected chi connectivity index (χ0v) is 12.6. The zero-order valence-electron chi connectivity index (χ0n) is 12.6. The number of hydrogen-bond acceptors (Lipinski definition) is 1. The third kappa shape index (κ3) is 1.83. The van der Waals surface area contributed by atoms with Crippen LogP contribution in [0.1, 0.15) is 65.2 Å². The van der Waals surface area contributed by atoms with E-state index in [4.69, 9.17) is 0 Å². The van der Waals surface area contributed by atoms with Crippen LogP contribution in [0.25, 0.3) is 0 Å². The number of aliphatic hydroxyl groups is 1. The predicted molar refractivity (Wildman–Crippen MR) is 77.7 cm³/mol. The Morgan fingerprint density at radius 3 is 1.53 bits per heavy atom. The molecule has 0 radical (unpaired) electrons. The maximum Gasteiger partial charge on any atom is 0.0732 e. The van der Waals surface area contributed by atoms with Gasteiger partial charge in [-0.25, -0.2) is 0 Å². The summed E-state index contributed by atoms with van der Waals surface area (Å²) < 4.78 is 0. The second kappa shape index (κ2) is 4.23. The van der Waals surface area contributed by atoms with Gasteiger partial charge >= 0.3 is 0 Å². The largest absolute Gasteiger partial charge is 0.389 e. The maximum absolute atomic E-state index is 11.6. The van der Waals surface area contributed by atoms with E-state index in [1.54, 1.807) is 0 Å². The Labute approximate surface area is 118 Å². The van der Waals surface area contributed by atoms with Gasteiger partial charge in [-0.2, -0.15) is 0 Å². The molecule has 5 fully saturated rings. The van der Waals surface area contributed by atoms with Crippen LogP contribution in [0.15, 0.2) is 0 Å². The van der Waals surface area contributed by atoms with E-state index in [-0.39, 0.29) is 5.60 Å². The first-order chi connectivity index (χ1) is 9.05. The van der Waals surface area contributed by atoms with Gasteiger partial charge in [0.1, 0.15) is 0 Å². The van der Waals surface area contributed by atoms with Crippen molar-refractivity contribution in [2.75, 3.05) is 0 Å². The molecule has 0 aromatic heterocycles. The molecule has 5 saturated carbocycles. The normalized spacial score (nSPS) is 60.5. The molecule has 5 aliphatic carbocycles. The topological polar surface area (TPSA) is 20.2 Å². The molecular weight excluding hydrogens is 232 g/mol. The Bertz CT molecular complexity index is 323. The minimum Gasteiger partial charge on any atom is -0.389 e. The number of hydrogen-bond donors (Lipinski definition) is 1. The van der Waals surface area contributed by atoms with Crippen molar-refractivity contribution in [1.82, 2.24) is 0 Å². The minimum absolute atomic E-state index is 0.267. The van der Waals surface area contributed by atoms with Crippen molar-refractivity contribution in [1.29, 1.82) is 0 Å².